The predicted octanol–water partition coefficient (Wildman–Crippen LogP) is 1.68. The molecule has 0 bridgehead atoms. The first kappa shape index (κ1) is 13.2. The minimum absolute atomic E-state index is 0.0185. The molecule has 2 rings (SSSR count). The van der Waals surface area contributed by atoms with Crippen molar-refractivity contribution in [2.75, 3.05) is 6.54 Å². The molecule has 1 atom stereocenters. The van der Waals surface area contributed by atoms with E-state index in [9.17, 15) is 14.3 Å². The van der Waals surface area contributed by atoms with Gasteiger partial charge in [0.05, 0.1) is 17.9 Å². The quantitative estimate of drug-likeness (QED) is 0.879. The first-order chi connectivity index (χ1) is 9.18. The number of halogens is 1. The fraction of sp³-hybridized carbons (Fsp3) is 0.143. The molecule has 1 aromatic heterocycles. The van der Waals surface area contributed by atoms with Gasteiger partial charge >= 0.3 is 0 Å². The lowest BCUT2D eigenvalue weighted by Crippen LogP contribution is -2.29. The molecule has 0 aliphatic carbocycles. The number of aliphatic hydroxyl groups is 1. The Labute approximate surface area is 109 Å². The smallest absolute Gasteiger partial charge is 0.254 e. The lowest BCUT2D eigenvalue weighted by molar-refractivity contribution is 0.0912. The van der Waals surface area contributed by atoms with E-state index < -0.39 is 17.8 Å². The number of benzene rings is 1. The topological polar surface area (TPSA) is 62.2 Å². The predicted molar refractivity (Wildman–Crippen MR) is 67.9 cm³/mol. The molecular weight excluding hydrogens is 247 g/mol. The molecule has 4 nitrogen and oxygen atoms in total. The number of nitrogens with zero attached hydrogens (tertiary/aromatic N) is 1. The number of hydrogen-bond donors (Lipinski definition) is 2. The van der Waals surface area contributed by atoms with Crippen LogP contribution in [0.25, 0.3) is 0 Å². The Balaban J connectivity index is 1.96. The van der Waals surface area contributed by atoms with Gasteiger partial charge in [0.15, 0.2) is 5.82 Å². The van der Waals surface area contributed by atoms with Crippen LogP contribution in [0.3, 0.4) is 0 Å². The summed E-state index contributed by atoms with van der Waals surface area (Å²) in [4.78, 5) is 15.3. The van der Waals surface area contributed by atoms with Gasteiger partial charge in [-0.3, -0.25) is 9.78 Å². The standard InChI is InChI=1S/C14H13FN2O2/c15-12-8-16-7-6-11(12)14(19)17-9-13(18)10-4-2-1-3-5-10/h1-8,13,18H,9H2,(H,17,19). The summed E-state index contributed by atoms with van der Waals surface area (Å²) in [5.41, 5.74) is 0.605. The SMILES string of the molecule is O=C(NCC(O)c1ccccc1)c1ccncc1F. The van der Waals surface area contributed by atoms with E-state index in [1.807, 2.05) is 6.07 Å². The second-order valence-electron chi connectivity index (χ2n) is 3.99. The van der Waals surface area contributed by atoms with Crippen molar-refractivity contribution < 1.29 is 14.3 Å². The molecule has 2 aromatic rings. The third-order valence-electron chi connectivity index (χ3n) is 2.66. The summed E-state index contributed by atoms with van der Waals surface area (Å²) in [6, 6.07) is 10.2. The molecule has 0 radical (unpaired) electrons. The zero-order chi connectivity index (χ0) is 13.7. The highest BCUT2D eigenvalue weighted by atomic mass is 19.1. The number of aromatic nitrogens is 1. The second-order valence-corrected chi connectivity index (χ2v) is 3.99. The Morgan fingerprint density at radius 1 is 1.32 bits per heavy atom. The van der Waals surface area contributed by atoms with Crippen LogP contribution in [0, 0.1) is 5.82 Å². The van der Waals surface area contributed by atoms with Crippen LogP contribution >= 0.6 is 0 Å². The van der Waals surface area contributed by atoms with Crippen LogP contribution < -0.4 is 5.32 Å². The van der Waals surface area contributed by atoms with Crippen LogP contribution in [0.2, 0.25) is 0 Å². The summed E-state index contributed by atoms with van der Waals surface area (Å²) >= 11 is 0. The zero-order valence-electron chi connectivity index (χ0n) is 10.1. The van der Waals surface area contributed by atoms with Gasteiger partial charge in [-0.2, -0.15) is 0 Å². The van der Waals surface area contributed by atoms with Crippen molar-refractivity contribution >= 4 is 5.91 Å². The highest BCUT2D eigenvalue weighted by Crippen LogP contribution is 2.11. The molecule has 0 aliphatic rings. The first-order valence-corrected chi connectivity index (χ1v) is 5.79. The summed E-state index contributed by atoms with van der Waals surface area (Å²) in [5.74, 6) is -1.26. The van der Waals surface area contributed by atoms with Crippen molar-refractivity contribution in [1.29, 1.82) is 0 Å². The third-order valence-corrected chi connectivity index (χ3v) is 2.66. The van der Waals surface area contributed by atoms with Gasteiger partial charge in [0.25, 0.3) is 5.91 Å². The van der Waals surface area contributed by atoms with Crippen LogP contribution in [0.1, 0.15) is 22.0 Å². The number of carbonyl (C=O) groups excluding carboxylic acids is 1. The molecule has 0 saturated carbocycles. The lowest BCUT2D eigenvalue weighted by atomic mass is 10.1. The summed E-state index contributed by atoms with van der Waals surface area (Å²) in [6.07, 6.45) is 1.49. The number of hydrogen-bond acceptors (Lipinski definition) is 3. The summed E-state index contributed by atoms with van der Waals surface area (Å²) in [6.45, 7) is 0.0185. The van der Waals surface area contributed by atoms with Crippen LogP contribution in [-0.2, 0) is 0 Å². The van der Waals surface area contributed by atoms with E-state index >= 15 is 0 Å². The molecule has 0 aliphatic heterocycles. The van der Waals surface area contributed by atoms with E-state index in [-0.39, 0.29) is 12.1 Å². The van der Waals surface area contributed by atoms with Gasteiger partial charge in [-0.15, -0.1) is 0 Å². The van der Waals surface area contributed by atoms with E-state index in [1.165, 1.54) is 12.3 Å². The highest BCUT2D eigenvalue weighted by Gasteiger charge is 2.13. The van der Waals surface area contributed by atoms with Gasteiger partial charge in [0, 0.05) is 12.7 Å². The Hall–Kier alpha value is -2.27. The molecule has 1 unspecified atom stereocenters. The maximum Gasteiger partial charge on any atom is 0.254 e. The van der Waals surface area contributed by atoms with E-state index in [4.69, 9.17) is 0 Å². The van der Waals surface area contributed by atoms with Crippen molar-refractivity contribution in [1.82, 2.24) is 10.3 Å². The minimum Gasteiger partial charge on any atom is -0.387 e. The van der Waals surface area contributed by atoms with Crippen LogP contribution in [0.4, 0.5) is 4.39 Å². The van der Waals surface area contributed by atoms with Crippen LogP contribution in [0.5, 0.6) is 0 Å². The average Bonchev–Trinajstić information content (AvgIpc) is 2.46. The molecule has 0 spiro atoms. The lowest BCUT2D eigenvalue weighted by Gasteiger charge is -2.12. The van der Waals surface area contributed by atoms with Crippen molar-refractivity contribution in [2.45, 2.75) is 6.10 Å². The molecule has 0 fully saturated rings. The van der Waals surface area contributed by atoms with Crippen molar-refractivity contribution in [3.8, 4) is 0 Å². The average molecular weight is 260 g/mol. The van der Waals surface area contributed by atoms with Crippen LogP contribution in [-0.4, -0.2) is 22.5 Å². The van der Waals surface area contributed by atoms with E-state index in [2.05, 4.69) is 10.3 Å². The summed E-state index contributed by atoms with van der Waals surface area (Å²) in [5, 5.41) is 12.3. The Kier molecular flexibility index (Phi) is 4.20. The number of pyridine rings is 1. The maximum atomic E-state index is 13.3. The zero-order valence-corrected chi connectivity index (χ0v) is 10.1. The number of amides is 1. The molecule has 5 heteroatoms. The third kappa shape index (κ3) is 3.35. The Morgan fingerprint density at radius 2 is 2.05 bits per heavy atom. The monoisotopic (exact) mass is 260 g/mol. The summed E-state index contributed by atoms with van der Waals surface area (Å²) in [7, 11) is 0. The Bertz CT molecular complexity index is 560. The van der Waals surface area contributed by atoms with Crippen molar-refractivity contribution in [3.63, 3.8) is 0 Å². The largest absolute Gasteiger partial charge is 0.387 e. The molecule has 1 aromatic carbocycles. The van der Waals surface area contributed by atoms with Gasteiger partial charge in [-0.05, 0) is 11.6 Å². The minimum atomic E-state index is -0.824. The summed E-state index contributed by atoms with van der Waals surface area (Å²) < 4.78 is 13.3. The fourth-order valence-corrected chi connectivity index (χ4v) is 1.64. The van der Waals surface area contributed by atoms with Crippen molar-refractivity contribution in [2.24, 2.45) is 0 Å². The number of nitrogens with one attached hydrogen (secondary N) is 1. The van der Waals surface area contributed by atoms with Gasteiger partial charge in [0.1, 0.15) is 0 Å². The van der Waals surface area contributed by atoms with Gasteiger partial charge in [-0.25, -0.2) is 4.39 Å². The molecular formula is C14H13FN2O2. The number of aliphatic hydroxyl groups excluding tert-OH is 1. The normalized spacial score (nSPS) is 11.9. The van der Waals surface area contributed by atoms with Gasteiger partial charge in [0.2, 0.25) is 0 Å². The van der Waals surface area contributed by atoms with Gasteiger partial charge in [-0.1, -0.05) is 30.3 Å². The highest BCUT2D eigenvalue weighted by molar-refractivity contribution is 5.94. The van der Waals surface area contributed by atoms with E-state index in [1.54, 1.807) is 24.3 Å². The molecule has 0 saturated heterocycles. The van der Waals surface area contributed by atoms with Gasteiger partial charge < -0.3 is 10.4 Å². The second kappa shape index (κ2) is 6.06. The fourth-order valence-electron chi connectivity index (χ4n) is 1.64. The first-order valence-electron chi connectivity index (χ1n) is 5.79. The Morgan fingerprint density at radius 3 is 2.74 bits per heavy atom. The molecule has 1 amide bonds. The molecule has 2 N–H and O–H groups in total. The molecule has 1 heterocycles. The molecule has 19 heavy (non-hydrogen) atoms. The maximum absolute atomic E-state index is 13.3. The number of carbonyl (C=O) groups is 1. The van der Waals surface area contributed by atoms with Crippen LogP contribution in [0.15, 0.2) is 48.8 Å². The van der Waals surface area contributed by atoms with E-state index in [0.29, 0.717) is 5.56 Å². The molecule has 98 valence electrons. The van der Waals surface area contributed by atoms with Crippen molar-refractivity contribution in [3.05, 3.63) is 65.7 Å². The van der Waals surface area contributed by atoms with E-state index in [0.717, 1.165) is 6.20 Å². The number of rotatable bonds is 4.